The predicted molar refractivity (Wildman–Crippen MR) is 138 cm³/mol. The van der Waals surface area contributed by atoms with Gasteiger partial charge < -0.3 is 0 Å². The zero-order valence-electron chi connectivity index (χ0n) is 19.2. The van der Waals surface area contributed by atoms with Crippen molar-refractivity contribution in [3.05, 3.63) is 117 Å². The Kier molecular flexibility index (Phi) is 7.33. The summed E-state index contributed by atoms with van der Waals surface area (Å²) in [4.78, 5) is 29.7. The molecule has 1 aromatic heterocycles. The van der Waals surface area contributed by atoms with E-state index in [2.05, 4.69) is 30.9 Å². The number of fused-ring (bicyclic) bond motifs is 1. The van der Waals surface area contributed by atoms with Gasteiger partial charge in [-0.25, -0.2) is 0 Å². The molecule has 3 aromatic carbocycles. The summed E-state index contributed by atoms with van der Waals surface area (Å²) in [6.07, 6.45) is 3.33. The molecule has 178 valence electrons. The van der Waals surface area contributed by atoms with Crippen LogP contribution < -0.4 is 5.32 Å². The van der Waals surface area contributed by atoms with E-state index in [1.54, 1.807) is 24.3 Å². The van der Waals surface area contributed by atoms with Gasteiger partial charge >= 0.3 is 196 Å². The Bertz CT molecular complexity index is 1420. The third-order valence-corrected chi connectivity index (χ3v) is 7.79. The Morgan fingerprint density at radius 2 is 1.69 bits per heavy atom. The first-order valence-electron chi connectivity index (χ1n) is 11.4. The van der Waals surface area contributed by atoms with E-state index >= 15 is 0 Å². The molecular formula is C27H22N6O2Se. The van der Waals surface area contributed by atoms with Crippen LogP contribution in [0, 0.1) is 0 Å². The maximum atomic E-state index is 12.8. The van der Waals surface area contributed by atoms with Crippen molar-refractivity contribution in [1.82, 2.24) is 25.9 Å². The first kappa shape index (κ1) is 23.7. The number of rotatable bonds is 9. The van der Waals surface area contributed by atoms with Gasteiger partial charge in [-0.3, -0.25) is 0 Å². The molecular weight excluding hydrogens is 519 g/mol. The van der Waals surface area contributed by atoms with Crippen LogP contribution in [0.2, 0.25) is 5.32 Å². The third kappa shape index (κ3) is 5.44. The average molecular weight is 541 g/mol. The molecule has 0 radical (unpaired) electrons. The van der Waals surface area contributed by atoms with Gasteiger partial charge in [0.05, 0.1) is 0 Å². The molecule has 1 heterocycles. The van der Waals surface area contributed by atoms with E-state index in [1.807, 2.05) is 60.8 Å². The summed E-state index contributed by atoms with van der Waals surface area (Å²) < 4.78 is 0.602. The number of nitrogens with zero attached hydrogens (tertiary/aromatic N) is 4. The number of tetrazole rings is 1. The van der Waals surface area contributed by atoms with Gasteiger partial charge in [-0.1, -0.05) is 18.2 Å². The maximum absolute atomic E-state index is 12.8. The SMILES string of the molecule is O=C1C=C([Se]CCNC(c2ccc(N=Cc3ccccc3)cc2)c2nn[nH]n2)C(=O)c2ccccc21. The summed E-state index contributed by atoms with van der Waals surface area (Å²) in [6, 6.07) is 24.5. The number of hydrogen-bond donors (Lipinski definition) is 2. The molecule has 1 aliphatic carbocycles. The standard InChI is InChI=1S/C27H22N6O2Se/c34-23-16-24(26(35)22-9-5-4-8-21(22)23)36-15-14-28-25(27-30-32-33-31-27)19-10-12-20(13-11-19)29-17-18-6-2-1-3-7-18/h1-13,16-17,25,28H,14-15H2,(H,30,31,32,33). The molecule has 0 saturated heterocycles. The number of benzene rings is 3. The van der Waals surface area contributed by atoms with E-state index in [1.165, 1.54) is 6.08 Å². The van der Waals surface area contributed by atoms with Crippen LogP contribution in [0.15, 0.2) is 94.4 Å². The molecule has 1 atom stereocenters. The van der Waals surface area contributed by atoms with Crippen LogP contribution in [0.4, 0.5) is 5.69 Å². The van der Waals surface area contributed by atoms with Crippen molar-refractivity contribution >= 4 is 38.4 Å². The van der Waals surface area contributed by atoms with Crippen LogP contribution in [0.5, 0.6) is 0 Å². The summed E-state index contributed by atoms with van der Waals surface area (Å²) in [5, 5.41) is 18.7. The number of hydrogen-bond acceptors (Lipinski definition) is 7. The van der Waals surface area contributed by atoms with Gasteiger partial charge in [0.25, 0.3) is 0 Å². The number of Topliss-reactive ketones (excluding diaryl/α,β-unsaturated/α-hetero) is 1. The van der Waals surface area contributed by atoms with Crippen molar-refractivity contribution in [3.8, 4) is 0 Å². The van der Waals surface area contributed by atoms with E-state index in [4.69, 9.17) is 0 Å². The molecule has 36 heavy (non-hydrogen) atoms. The number of aliphatic imine (C=N–C) groups is 1. The van der Waals surface area contributed by atoms with E-state index < -0.39 is 0 Å². The topological polar surface area (TPSA) is 113 Å². The molecule has 0 saturated carbocycles. The minimum atomic E-state index is -0.273. The van der Waals surface area contributed by atoms with E-state index in [0.29, 0.717) is 28.0 Å². The fourth-order valence-electron chi connectivity index (χ4n) is 3.85. The van der Waals surface area contributed by atoms with Crippen molar-refractivity contribution in [2.75, 3.05) is 6.54 Å². The zero-order chi connectivity index (χ0) is 24.7. The van der Waals surface area contributed by atoms with Gasteiger partial charge in [-0.15, -0.1) is 0 Å². The molecule has 2 N–H and O–H groups in total. The quantitative estimate of drug-likeness (QED) is 0.190. The molecule has 0 fully saturated rings. The monoisotopic (exact) mass is 542 g/mol. The zero-order valence-corrected chi connectivity index (χ0v) is 20.9. The van der Waals surface area contributed by atoms with Gasteiger partial charge in [0, 0.05) is 0 Å². The Morgan fingerprint density at radius 3 is 2.44 bits per heavy atom. The second-order valence-corrected chi connectivity index (χ2v) is 10.4. The second kappa shape index (κ2) is 11.1. The number of carbonyl (C=O) groups excluding carboxylic acids is 2. The van der Waals surface area contributed by atoms with Crippen LogP contribution in [0.1, 0.15) is 43.7 Å². The number of nitrogens with one attached hydrogen (secondary N) is 2. The number of aromatic nitrogens is 4. The molecule has 0 aliphatic heterocycles. The summed E-state index contributed by atoms with van der Waals surface area (Å²) in [6.45, 7) is 0.619. The first-order chi connectivity index (χ1) is 17.7. The van der Waals surface area contributed by atoms with Crippen molar-refractivity contribution in [3.63, 3.8) is 0 Å². The summed E-state index contributed by atoms with van der Waals surface area (Å²) in [5.41, 5.74) is 3.82. The van der Waals surface area contributed by atoms with E-state index in [0.717, 1.165) is 22.1 Å². The molecule has 4 aromatic rings. The number of aromatic amines is 1. The van der Waals surface area contributed by atoms with Crippen LogP contribution >= 0.6 is 0 Å². The molecule has 1 unspecified atom stereocenters. The van der Waals surface area contributed by atoms with Crippen LogP contribution in [0.3, 0.4) is 0 Å². The molecule has 5 rings (SSSR count). The Labute approximate surface area is 214 Å². The van der Waals surface area contributed by atoms with Crippen LogP contribution in [-0.4, -0.2) is 59.9 Å². The summed E-state index contributed by atoms with van der Waals surface area (Å²) >= 11 is -0.148. The van der Waals surface area contributed by atoms with Crippen LogP contribution in [0.25, 0.3) is 0 Å². The fraction of sp³-hybridized carbons (Fsp3) is 0.111. The van der Waals surface area contributed by atoms with Gasteiger partial charge in [0.2, 0.25) is 0 Å². The second-order valence-electron chi connectivity index (χ2n) is 8.01. The van der Waals surface area contributed by atoms with Crippen molar-refractivity contribution in [1.29, 1.82) is 0 Å². The normalized spacial score (nSPS) is 14.1. The number of ketones is 2. The van der Waals surface area contributed by atoms with E-state index in [9.17, 15) is 9.59 Å². The predicted octanol–water partition coefficient (Wildman–Crippen LogP) is 3.71. The summed E-state index contributed by atoms with van der Waals surface area (Å²) in [5.74, 6) is 0.376. The van der Waals surface area contributed by atoms with Gasteiger partial charge in [-0.05, 0) is 0 Å². The molecule has 9 heteroatoms. The minimum absolute atomic E-state index is 0.0495. The fourth-order valence-corrected chi connectivity index (χ4v) is 5.68. The summed E-state index contributed by atoms with van der Waals surface area (Å²) in [7, 11) is 0. The first-order valence-corrected chi connectivity index (χ1v) is 13.4. The number of carbonyl (C=O) groups is 2. The van der Waals surface area contributed by atoms with Crippen molar-refractivity contribution in [2.24, 2.45) is 4.99 Å². The number of allylic oxidation sites excluding steroid dienone is 2. The number of H-pyrrole nitrogens is 1. The Hall–Kier alpha value is -4.04. The molecule has 0 bridgehead atoms. The molecule has 0 spiro atoms. The Balaban J connectivity index is 1.23. The Morgan fingerprint density at radius 1 is 0.944 bits per heavy atom. The van der Waals surface area contributed by atoms with E-state index in [-0.39, 0.29) is 32.6 Å². The van der Waals surface area contributed by atoms with Crippen molar-refractivity contribution < 1.29 is 9.59 Å². The van der Waals surface area contributed by atoms with Crippen LogP contribution in [-0.2, 0) is 0 Å². The van der Waals surface area contributed by atoms with Gasteiger partial charge in [-0.2, -0.15) is 0 Å². The van der Waals surface area contributed by atoms with Gasteiger partial charge in [0.1, 0.15) is 0 Å². The molecule has 0 amide bonds. The van der Waals surface area contributed by atoms with Crippen molar-refractivity contribution in [2.45, 2.75) is 11.4 Å². The average Bonchev–Trinajstić information content (AvgIpc) is 3.46. The molecule has 8 nitrogen and oxygen atoms in total. The van der Waals surface area contributed by atoms with Gasteiger partial charge in [0.15, 0.2) is 0 Å². The molecule has 1 aliphatic rings. The third-order valence-electron chi connectivity index (χ3n) is 5.64.